The third kappa shape index (κ3) is 4.38. The number of ether oxygens (including phenoxy) is 2. The summed E-state index contributed by atoms with van der Waals surface area (Å²) in [6.07, 6.45) is 0.0000693. The molecule has 1 heterocycles. The van der Waals surface area contributed by atoms with E-state index in [1.165, 1.54) is 24.3 Å². The molecule has 0 aliphatic heterocycles. The summed E-state index contributed by atoms with van der Waals surface area (Å²) < 4.78 is 37.9. The highest BCUT2D eigenvalue weighted by molar-refractivity contribution is 7.89. The molecule has 3 rings (SSSR count). The van der Waals surface area contributed by atoms with E-state index in [4.69, 9.17) is 19.1 Å². The maximum Gasteiger partial charge on any atom is 0.312 e. The first-order valence-electron chi connectivity index (χ1n) is 7.68. The number of para-hydroxylation sites is 1. The van der Waals surface area contributed by atoms with Crippen molar-refractivity contribution in [1.29, 1.82) is 0 Å². The Balaban J connectivity index is 1.45. The van der Waals surface area contributed by atoms with Gasteiger partial charge in [-0.3, -0.25) is 4.79 Å². The first-order chi connectivity index (χ1) is 12.4. The highest BCUT2D eigenvalue weighted by atomic mass is 32.2. The summed E-state index contributed by atoms with van der Waals surface area (Å²) >= 11 is 0. The van der Waals surface area contributed by atoms with Crippen molar-refractivity contribution in [3.05, 3.63) is 54.2 Å². The number of rotatable bonds is 7. The molecule has 0 bridgehead atoms. The molecule has 8 nitrogen and oxygen atoms in total. The van der Waals surface area contributed by atoms with E-state index in [1.54, 1.807) is 6.07 Å². The molecule has 26 heavy (non-hydrogen) atoms. The summed E-state index contributed by atoms with van der Waals surface area (Å²) in [5, 5.41) is 9.66. The molecule has 9 heteroatoms. The Morgan fingerprint density at radius 2 is 1.81 bits per heavy atom. The van der Waals surface area contributed by atoms with E-state index >= 15 is 0 Å². The minimum Gasteiger partial charge on any atom is -0.490 e. The Labute approximate surface area is 149 Å². The molecule has 2 N–H and O–H groups in total. The van der Waals surface area contributed by atoms with E-state index in [1.807, 2.05) is 18.2 Å². The van der Waals surface area contributed by atoms with Crippen molar-refractivity contribution in [2.24, 2.45) is 5.14 Å². The number of benzene rings is 2. The Bertz CT molecular complexity index is 1010. The number of fused-ring (bicyclic) bond motifs is 1. The Morgan fingerprint density at radius 3 is 2.54 bits per heavy atom. The third-order valence-electron chi connectivity index (χ3n) is 3.53. The van der Waals surface area contributed by atoms with Gasteiger partial charge in [0.15, 0.2) is 5.58 Å². The van der Waals surface area contributed by atoms with Gasteiger partial charge in [0.1, 0.15) is 24.7 Å². The Kier molecular flexibility index (Phi) is 5.19. The second-order valence-electron chi connectivity index (χ2n) is 5.39. The molecule has 0 atom stereocenters. The van der Waals surface area contributed by atoms with Crippen molar-refractivity contribution < 1.29 is 27.2 Å². The van der Waals surface area contributed by atoms with Crippen molar-refractivity contribution in [2.45, 2.75) is 11.3 Å². The van der Waals surface area contributed by atoms with Crippen LogP contribution in [0.15, 0.2) is 57.9 Å². The van der Waals surface area contributed by atoms with E-state index < -0.39 is 16.0 Å². The number of hydrogen-bond donors (Lipinski definition) is 1. The number of nitrogens with two attached hydrogens (primary N) is 1. The van der Waals surface area contributed by atoms with Gasteiger partial charge in [0.05, 0.1) is 11.3 Å². The fourth-order valence-electron chi connectivity index (χ4n) is 2.29. The highest BCUT2D eigenvalue weighted by Gasteiger charge is 2.13. The van der Waals surface area contributed by atoms with Gasteiger partial charge in [0.25, 0.3) is 0 Å². The quantitative estimate of drug-likeness (QED) is 0.491. The Morgan fingerprint density at radius 1 is 1.08 bits per heavy atom. The molecule has 1 aromatic heterocycles. The number of hydrogen-bond acceptors (Lipinski definition) is 7. The van der Waals surface area contributed by atoms with E-state index in [-0.39, 0.29) is 24.5 Å². The minimum atomic E-state index is -3.74. The van der Waals surface area contributed by atoms with Gasteiger partial charge >= 0.3 is 5.97 Å². The molecule has 3 aromatic rings. The first-order valence-corrected chi connectivity index (χ1v) is 9.23. The molecule has 0 amide bonds. The summed E-state index contributed by atoms with van der Waals surface area (Å²) in [6, 6.07) is 12.9. The normalized spacial score (nSPS) is 11.4. The van der Waals surface area contributed by atoms with Gasteiger partial charge in [0.2, 0.25) is 10.0 Å². The smallest absolute Gasteiger partial charge is 0.312 e. The number of nitrogens with zero attached hydrogens (tertiary/aromatic N) is 1. The lowest BCUT2D eigenvalue weighted by atomic mass is 10.2. The Hall–Kier alpha value is -2.91. The SMILES string of the molecule is NS(=O)(=O)c1ccc(OCCOC(=O)Cc2noc3ccccc23)cc1. The zero-order valence-electron chi connectivity index (χ0n) is 13.6. The van der Waals surface area contributed by atoms with Crippen LogP contribution in [0, 0.1) is 0 Å². The molecule has 0 spiro atoms. The van der Waals surface area contributed by atoms with Crippen molar-refractivity contribution in [2.75, 3.05) is 13.2 Å². The standard InChI is InChI=1S/C17H16N2O6S/c18-26(21,22)13-7-5-12(6-8-13)23-9-10-24-17(20)11-15-14-3-1-2-4-16(14)25-19-15/h1-8H,9-11H2,(H2,18,21,22). The predicted octanol–water partition coefficient (Wildman–Crippen LogP) is 1.64. The average molecular weight is 376 g/mol. The van der Waals surface area contributed by atoms with Crippen molar-refractivity contribution in [3.8, 4) is 5.75 Å². The van der Waals surface area contributed by atoms with Crippen LogP contribution in [0.1, 0.15) is 5.69 Å². The van der Waals surface area contributed by atoms with Crippen LogP contribution in [0.4, 0.5) is 0 Å². The van der Waals surface area contributed by atoms with Crippen LogP contribution in [0.2, 0.25) is 0 Å². The number of aromatic nitrogens is 1. The fraction of sp³-hybridized carbons (Fsp3) is 0.176. The van der Waals surface area contributed by atoms with Crippen LogP contribution in [-0.4, -0.2) is 32.8 Å². The van der Waals surface area contributed by atoms with Gasteiger partial charge in [-0.05, 0) is 36.4 Å². The molecule has 0 unspecified atom stereocenters. The summed E-state index contributed by atoms with van der Waals surface area (Å²) in [4.78, 5) is 11.9. The molecular weight excluding hydrogens is 360 g/mol. The lowest BCUT2D eigenvalue weighted by Gasteiger charge is -2.07. The zero-order valence-corrected chi connectivity index (χ0v) is 14.4. The number of esters is 1. The second kappa shape index (κ2) is 7.54. The van der Waals surface area contributed by atoms with Gasteiger partial charge < -0.3 is 14.0 Å². The van der Waals surface area contributed by atoms with E-state index in [0.29, 0.717) is 17.0 Å². The van der Waals surface area contributed by atoms with Crippen LogP contribution < -0.4 is 9.88 Å². The predicted molar refractivity (Wildman–Crippen MR) is 92.0 cm³/mol. The second-order valence-corrected chi connectivity index (χ2v) is 6.95. The van der Waals surface area contributed by atoms with Gasteiger partial charge in [-0.2, -0.15) is 0 Å². The van der Waals surface area contributed by atoms with Gasteiger partial charge in [-0.15, -0.1) is 0 Å². The van der Waals surface area contributed by atoms with E-state index in [2.05, 4.69) is 5.16 Å². The van der Waals surface area contributed by atoms with Crippen LogP contribution in [-0.2, 0) is 26.0 Å². The molecule has 136 valence electrons. The number of primary sulfonamides is 1. The topological polar surface area (TPSA) is 122 Å². The third-order valence-corrected chi connectivity index (χ3v) is 4.46. The van der Waals surface area contributed by atoms with Gasteiger partial charge in [0, 0.05) is 5.39 Å². The lowest BCUT2D eigenvalue weighted by molar-refractivity contribution is -0.143. The number of carbonyl (C=O) groups excluding carboxylic acids is 1. The maximum atomic E-state index is 11.9. The minimum absolute atomic E-state index is 0.0000693. The monoisotopic (exact) mass is 376 g/mol. The van der Waals surface area contributed by atoms with Crippen molar-refractivity contribution in [1.82, 2.24) is 5.16 Å². The lowest BCUT2D eigenvalue weighted by Crippen LogP contribution is -2.14. The molecule has 0 fully saturated rings. The molecule has 0 saturated carbocycles. The number of carbonyl (C=O) groups is 1. The van der Waals surface area contributed by atoms with Crippen LogP contribution in [0.3, 0.4) is 0 Å². The highest BCUT2D eigenvalue weighted by Crippen LogP contribution is 2.18. The summed E-state index contributed by atoms with van der Waals surface area (Å²) in [7, 11) is -3.74. The molecule has 2 aromatic carbocycles. The zero-order chi connectivity index (χ0) is 18.6. The van der Waals surface area contributed by atoms with E-state index in [9.17, 15) is 13.2 Å². The fourth-order valence-corrected chi connectivity index (χ4v) is 2.81. The first kappa shape index (κ1) is 17.9. The molecule has 0 radical (unpaired) electrons. The maximum absolute atomic E-state index is 11.9. The van der Waals surface area contributed by atoms with Gasteiger partial charge in [-0.25, -0.2) is 13.6 Å². The van der Waals surface area contributed by atoms with Crippen molar-refractivity contribution in [3.63, 3.8) is 0 Å². The summed E-state index contributed by atoms with van der Waals surface area (Å²) in [5.41, 5.74) is 1.13. The summed E-state index contributed by atoms with van der Waals surface area (Å²) in [6.45, 7) is 0.172. The number of sulfonamides is 1. The van der Waals surface area contributed by atoms with E-state index in [0.717, 1.165) is 5.39 Å². The van der Waals surface area contributed by atoms with Crippen LogP contribution in [0.25, 0.3) is 11.0 Å². The summed E-state index contributed by atoms with van der Waals surface area (Å²) in [5.74, 6) is -0.00632. The van der Waals surface area contributed by atoms with Gasteiger partial charge in [-0.1, -0.05) is 17.3 Å². The molecular formula is C17H16N2O6S. The largest absolute Gasteiger partial charge is 0.490 e. The van der Waals surface area contributed by atoms with Crippen LogP contribution in [0.5, 0.6) is 5.75 Å². The molecule has 0 aliphatic rings. The molecule has 0 saturated heterocycles. The van der Waals surface area contributed by atoms with Crippen LogP contribution >= 0.6 is 0 Å². The molecule has 0 aliphatic carbocycles. The van der Waals surface area contributed by atoms with Crippen molar-refractivity contribution >= 4 is 27.0 Å². The average Bonchev–Trinajstić information content (AvgIpc) is 3.01.